The molecule has 0 aliphatic carbocycles. The summed E-state index contributed by atoms with van der Waals surface area (Å²) in [5, 5.41) is 9.99. The minimum Gasteiger partial charge on any atom is -0.388 e. The summed E-state index contributed by atoms with van der Waals surface area (Å²) in [5.74, 6) is 2.47. The highest BCUT2D eigenvalue weighted by Crippen LogP contribution is 2.17. The minimum absolute atomic E-state index is 0.424. The molecule has 2 nitrogen and oxygen atoms in total. The van der Waals surface area contributed by atoms with E-state index in [-0.39, 0.29) is 0 Å². The van der Waals surface area contributed by atoms with Crippen LogP contribution in [0, 0.1) is 12.3 Å². The van der Waals surface area contributed by atoms with Crippen molar-refractivity contribution in [3.05, 3.63) is 29.0 Å². The lowest BCUT2D eigenvalue weighted by Crippen LogP contribution is -1.97. The average Bonchev–Trinajstić information content (AvgIpc) is 2.15. The first-order valence-electron chi connectivity index (χ1n) is 3.97. The van der Waals surface area contributed by atoms with Gasteiger partial charge in [0.05, 0.1) is 6.10 Å². The first-order chi connectivity index (χ1) is 6.24. The number of aliphatic hydroxyl groups is 1. The zero-order valence-electron chi connectivity index (χ0n) is 7.07. The second-order valence-corrected chi connectivity index (χ2v) is 3.06. The lowest BCUT2D eigenvalue weighted by molar-refractivity contribution is 0.169. The molecule has 0 radical (unpaired) electrons. The third-order valence-corrected chi connectivity index (χ3v) is 1.92. The second kappa shape index (κ2) is 4.86. The Labute approximate surface area is 82.6 Å². The maximum atomic E-state index is 9.56. The van der Waals surface area contributed by atoms with Crippen molar-refractivity contribution in [1.29, 1.82) is 0 Å². The van der Waals surface area contributed by atoms with E-state index in [1.54, 1.807) is 18.3 Å². The molecule has 0 aliphatic heterocycles. The molecule has 0 saturated carbocycles. The number of aliphatic hydroxyl groups excluding tert-OH is 1. The fourth-order valence-corrected chi connectivity index (χ4v) is 1.08. The predicted molar refractivity (Wildman–Crippen MR) is 52.3 cm³/mol. The number of aromatic nitrogens is 1. The average molecular weight is 196 g/mol. The fourth-order valence-electron chi connectivity index (χ4n) is 0.971. The highest BCUT2D eigenvalue weighted by atomic mass is 35.5. The second-order valence-electron chi connectivity index (χ2n) is 2.67. The number of pyridine rings is 1. The summed E-state index contributed by atoms with van der Waals surface area (Å²) in [6.45, 7) is 0. The van der Waals surface area contributed by atoms with Gasteiger partial charge < -0.3 is 5.11 Å². The molecular weight excluding hydrogens is 186 g/mol. The maximum Gasteiger partial charge on any atom is 0.129 e. The molecule has 1 aromatic heterocycles. The standard InChI is InChI=1S/C10H10ClNO/c1-2-3-4-9(13)8-5-6-10(11)12-7-8/h1,5-7,9,13H,3-4H2. The van der Waals surface area contributed by atoms with Crippen molar-refractivity contribution in [3.8, 4) is 12.3 Å². The van der Waals surface area contributed by atoms with E-state index in [0.717, 1.165) is 5.56 Å². The van der Waals surface area contributed by atoms with Crippen LogP contribution in [0.15, 0.2) is 18.3 Å². The maximum absolute atomic E-state index is 9.56. The van der Waals surface area contributed by atoms with Crippen LogP contribution >= 0.6 is 11.6 Å². The molecule has 1 heterocycles. The smallest absolute Gasteiger partial charge is 0.129 e. The molecular formula is C10H10ClNO. The molecule has 1 atom stereocenters. The van der Waals surface area contributed by atoms with E-state index < -0.39 is 6.10 Å². The Morgan fingerprint density at radius 2 is 2.38 bits per heavy atom. The van der Waals surface area contributed by atoms with E-state index in [0.29, 0.717) is 18.0 Å². The van der Waals surface area contributed by atoms with E-state index in [1.807, 2.05) is 0 Å². The molecule has 68 valence electrons. The van der Waals surface area contributed by atoms with E-state index in [2.05, 4.69) is 10.9 Å². The Balaban J connectivity index is 2.62. The van der Waals surface area contributed by atoms with Gasteiger partial charge in [0.2, 0.25) is 0 Å². The van der Waals surface area contributed by atoms with E-state index in [1.165, 1.54) is 0 Å². The van der Waals surface area contributed by atoms with Crippen molar-refractivity contribution in [2.45, 2.75) is 18.9 Å². The van der Waals surface area contributed by atoms with Crippen molar-refractivity contribution in [2.24, 2.45) is 0 Å². The number of nitrogens with zero attached hydrogens (tertiary/aromatic N) is 1. The van der Waals surface area contributed by atoms with Crippen LogP contribution in [-0.2, 0) is 0 Å². The van der Waals surface area contributed by atoms with Crippen molar-refractivity contribution in [1.82, 2.24) is 4.98 Å². The highest BCUT2D eigenvalue weighted by molar-refractivity contribution is 6.29. The van der Waals surface area contributed by atoms with Crippen LogP contribution in [0.25, 0.3) is 0 Å². The highest BCUT2D eigenvalue weighted by Gasteiger charge is 2.06. The first kappa shape index (κ1) is 10.0. The van der Waals surface area contributed by atoms with Gasteiger partial charge in [-0.2, -0.15) is 0 Å². The molecule has 0 fully saturated rings. The normalized spacial score (nSPS) is 12.1. The fraction of sp³-hybridized carbons (Fsp3) is 0.300. The van der Waals surface area contributed by atoms with Crippen LogP contribution in [0.2, 0.25) is 5.15 Å². The third kappa shape index (κ3) is 3.06. The lowest BCUT2D eigenvalue weighted by Gasteiger charge is -2.07. The Bertz CT molecular complexity index is 302. The molecule has 1 N–H and O–H groups in total. The monoisotopic (exact) mass is 195 g/mol. The van der Waals surface area contributed by atoms with Gasteiger partial charge in [-0.1, -0.05) is 17.7 Å². The zero-order chi connectivity index (χ0) is 9.68. The number of rotatable bonds is 3. The third-order valence-electron chi connectivity index (χ3n) is 1.70. The molecule has 0 saturated heterocycles. The summed E-state index contributed by atoms with van der Waals surface area (Å²) in [5.41, 5.74) is 0.750. The van der Waals surface area contributed by atoms with Gasteiger partial charge in [-0.05, 0) is 18.1 Å². The Kier molecular flexibility index (Phi) is 3.75. The predicted octanol–water partition coefficient (Wildman–Crippen LogP) is 2.18. The molecule has 0 spiro atoms. The molecule has 0 bridgehead atoms. The quantitative estimate of drug-likeness (QED) is 0.593. The van der Waals surface area contributed by atoms with Crippen molar-refractivity contribution >= 4 is 11.6 Å². The molecule has 1 rings (SSSR count). The van der Waals surface area contributed by atoms with E-state index in [9.17, 15) is 5.11 Å². The van der Waals surface area contributed by atoms with Gasteiger partial charge in [-0.15, -0.1) is 12.3 Å². The zero-order valence-corrected chi connectivity index (χ0v) is 7.83. The van der Waals surface area contributed by atoms with Gasteiger partial charge in [0.15, 0.2) is 0 Å². The molecule has 1 aromatic rings. The van der Waals surface area contributed by atoms with Gasteiger partial charge >= 0.3 is 0 Å². The summed E-state index contributed by atoms with van der Waals surface area (Å²) in [4.78, 5) is 3.86. The molecule has 13 heavy (non-hydrogen) atoms. The summed E-state index contributed by atoms with van der Waals surface area (Å²) < 4.78 is 0. The molecule has 3 heteroatoms. The van der Waals surface area contributed by atoms with Crippen LogP contribution < -0.4 is 0 Å². The van der Waals surface area contributed by atoms with Gasteiger partial charge in [0.25, 0.3) is 0 Å². The Morgan fingerprint density at radius 1 is 1.62 bits per heavy atom. The minimum atomic E-state index is -0.541. The van der Waals surface area contributed by atoms with E-state index in [4.69, 9.17) is 18.0 Å². The number of terminal acetylenes is 1. The molecule has 1 unspecified atom stereocenters. The van der Waals surface area contributed by atoms with Crippen molar-refractivity contribution in [3.63, 3.8) is 0 Å². The summed E-state index contributed by atoms with van der Waals surface area (Å²) in [7, 11) is 0. The van der Waals surface area contributed by atoms with Crippen LogP contribution in [0.3, 0.4) is 0 Å². The molecule has 0 aromatic carbocycles. The first-order valence-corrected chi connectivity index (χ1v) is 4.35. The number of halogens is 1. The molecule has 0 amide bonds. The topological polar surface area (TPSA) is 33.1 Å². The largest absolute Gasteiger partial charge is 0.388 e. The summed E-state index contributed by atoms with van der Waals surface area (Å²) in [6.07, 6.45) is 7.21. The van der Waals surface area contributed by atoms with Gasteiger partial charge in [-0.3, -0.25) is 0 Å². The SMILES string of the molecule is C#CCCC(O)c1ccc(Cl)nc1. The van der Waals surface area contributed by atoms with Crippen molar-refractivity contribution < 1.29 is 5.11 Å². The van der Waals surface area contributed by atoms with Crippen LogP contribution in [0.1, 0.15) is 24.5 Å². The number of hydrogen-bond donors (Lipinski definition) is 1. The van der Waals surface area contributed by atoms with Gasteiger partial charge in [0.1, 0.15) is 5.15 Å². The Hall–Kier alpha value is -1.04. The summed E-state index contributed by atoms with van der Waals surface area (Å²) in [6, 6.07) is 3.40. The Morgan fingerprint density at radius 3 is 2.92 bits per heavy atom. The van der Waals surface area contributed by atoms with Crippen molar-refractivity contribution in [2.75, 3.05) is 0 Å². The summed E-state index contributed by atoms with van der Waals surface area (Å²) >= 11 is 5.60. The van der Waals surface area contributed by atoms with Crippen LogP contribution in [-0.4, -0.2) is 10.1 Å². The lowest BCUT2D eigenvalue weighted by atomic mass is 10.1. The van der Waals surface area contributed by atoms with Gasteiger partial charge in [-0.25, -0.2) is 4.98 Å². The van der Waals surface area contributed by atoms with Crippen LogP contribution in [0.5, 0.6) is 0 Å². The van der Waals surface area contributed by atoms with E-state index >= 15 is 0 Å². The van der Waals surface area contributed by atoms with Crippen LogP contribution in [0.4, 0.5) is 0 Å². The van der Waals surface area contributed by atoms with Gasteiger partial charge in [0, 0.05) is 12.6 Å². The number of hydrogen-bond acceptors (Lipinski definition) is 2. The molecule has 0 aliphatic rings.